The summed E-state index contributed by atoms with van der Waals surface area (Å²) < 4.78 is 5.25. The molecule has 0 spiro atoms. The fourth-order valence-electron chi connectivity index (χ4n) is 3.66. The SMILES string of the molecule is CCCCC1CCC(CCc2ccc(OC(=O)CCC)cn2)CC1. The third kappa shape index (κ3) is 6.62. The second-order valence-corrected chi connectivity index (χ2v) is 7.28. The molecule has 1 heterocycles. The predicted molar refractivity (Wildman–Crippen MR) is 98.1 cm³/mol. The molecule has 0 N–H and O–H groups in total. The number of esters is 1. The highest BCUT2D eigenvalue weighted by Gasteiger charge is 2.20. The Morgan fingerprint density at radius 2 is 1.79 bits per heavy atom. The van der Waals surface area contributed by atoms with Crippen molar-refractivity contribution in [1.82, 2.24) is 4.98 Å². The van der Waals surface area contributed by atoms with E-state index in [9.17, 15) is 4.79 Å². The number of carbonyl (C=O) groups excluding carboxylic acids is 1. The molecule has 0 amide bonds. The lowest BCUT2D eigenvalue weighted by Crippen LogP contribution is -2.15. The van der Waals surface area contributed by atoms with Crippen LogP contribution in [0, 0.1) is 11.8 Å². The Morgan fingerprint density at radius 3 is 2.38 bits per heavy atom. The van der Waals surface area contributed by atoms with Crippen LogP contribution in [0.3, 0.4) is 0 Å². The Morgan fingerprint density at radius 1 is 1.08 bits per heavy atom. The molecule has 1 fully saturated rings. The maximum atomic E-state index is 11.5. The van der Waals surface area contributed by atoms with Gasteiger partial charge in [0, 0.05) is 12.1 Å². The third-order valence-electron chi connectivity index (χ3n) is 5.22. The largest absolute Gasteiger partial charge is 0.425 e. The highest BCUT2D eigenvalue weighted by atomic mass is 16.5. The molecule has 2 rings (SSSR count). The standard InChI is InChI=1S/C21H33NO2/c1-3-5-7-17-8-10-18(11-9-17)12-13-19-14-15-20(16-22-19)24-21(23)6-4-2/h14-18H,3-13H2,1-2H3. The Hall–Kier alpha value is -1.38. The lowest BCUT2D eigenvalue weighted by Gasteiger charge is -2.28. The molecule has 0 radical (unpaired) electrons. The minimum Gasteiger partial charge on any atom is -0.425 e. The van der Waals surface area contributed by atoms with Crippen LogP contribution in [-0.4, -0.2) is 11.0 Å². The molecule has 1 aliphatic rings. The minimum atomic E-state index is -0.174. The monoisotopic (exact) mass is 331 g/mol. The van der Waals surface area contributed by atoms with Gasteiger partial charge in [-0.05, 0) is 43.2 Å². The summed E-state index contributed by atoms with van der Waals surface area (Å²) in [4.78, 5) is 15.9. The van der Waals surface area contributed by atoms with Crippen LogP contribution in [0.15, 0.2) is 18.3 Å². The second-order valence-electron chi connectivity index (χ2n) is 7.28. The van der Waals surface area contributed by atoms with Crippen LogP contribution in [0.25, 0.3) is 0 Å². The molecule has 0 aliphatic heterocycles. The van der Waals surface area contributed by atoms with E-state index in [1.54, 1.807) is 6.20 Å². The van der Waals surface area contributed by atoms with Crippen molar-refractivity contribution in [1.29, 1.82) is 0 Å². The zero-order valence-electron chi connectivity index (χ0n) is 15.4. The van der Waals surface area contributed by atoms with Gasteiger partial charge in [-0.2, -0.15) is 0 Å². The number of nitrogens with zero attached hydrogens (tertiary/aromatic N) is 1. The van der Waals surface area contributed by atoms with E-state index in [1.807, 2.05) is 19.1 Å². The highest BCUT2D eigenvalue weighted by Crippen LogP contribution is 2.34. The van der Waals surface area contributed by atoms with E-state index >= 15 is 0 Å². The van der Waals surface area contributed by atoms with Crippen molar-refractivity contribution in [2.75, 3.05) is 0 Å². The van der Waals surface area contributed by atoms with Crippen molar-refractivity contribution in [2.45, 2.75) is 84.5 Å². The first kappa shape index (κ1) is 19.0. The fourth-order valence-corrected chi connectivity index (χ4v) is 3.66. The molecule has 0 atom stereocenters. The van der Waals surface area contributed by atoms with Gasteiger partial charge in [0.1, 0.15) is 5.75 Å². The van der Waals surface area contributed by atoms with Crippen molar-refractivity contribution in [2.24, 2.45) is 11.8 Å². The van der Waals surface area contributed by atoms with Crippen LogP contribution in [0.5, 0.6) is 5.75 Å². The van der Waals surface area contributed by atoms with Gasteiger partial charge in [-0.1, -0.05) is 58.8 Å². The van der Waals surface area contributed by atoms with Gasteiger partial charge < -0.3 is 4.74 Å². The number of carbonyl (C=O) groups is 1. The van der Waals surface area contributed by atoms with Crippen LogP contribution in [0.4, 0.5) is 0 Å². The van der Waals surface area contributed by atoms with Gasteiger partial charge in [-0.3, -0.25) is 9.78 Å². The normalized spacial score (nSPS) is 20.8. The van der Waals surface area contributed by atoms with Crippen molar-refractivity contribution < 1.29 is 9.53 Å². The van der Waals surface area contributed by atoms with Crippen molar-refractivity contribution >= 4 is 5.97 Å². The summed E-state index contributed by atoms with van der Waals surface area (Å²) in [5.74, 6) is 2.24. The van der Waals surface area contributed by atoms with E-state index in [-0.39, 0.29) is 5.97 Å². The molecular formula is C21H33NO2. The van der Waals surface area contributed by atoms with Crippen molar-refractivity contribution in [3.05, 3.63) is 24.0 Å². The van der Waals surface area contributed by atoms with Crippen molar-refractivity contribution in [3.8, 4) is 5.75 Å². The number of aromatic nitrogens is 1. The number of hydrogen-bond donors (Lipinski definition) is 0. The first-order valence-electron chi connectivity index (χ1n) is 9.86. The fraction of sp³-hybridized carbons (Fsp3) is 0.714. The average Bonchev–Trinajstić information content (AvgIpc) is 2.60. The number of rotatable bonds is 9. The predicted octanol–water partition coefficient (Wildman–Crippen LogP) is 5.72. The van der Waals surface area contributed by atoms with Crippen LogP contribution in [-0.2, 0) is 11.2 Å². The first-order valence-corrected chi connectivity index (χ1v) is 9.86. The van der Waals surface area contributed by atoms with Crippen molar-refractivity contribution in [3.63, 3.8) is 0 Å². The first-order chi connectivity index (χ1) is 11.7. The third-order valence-corrected chi connectivity index (χ3v) is 5.22. The van der Waals surface area contributed by atoms with E-state index in [0.717, 1.165) is 30.4 Å². The smallest absolute Gasteiger partial charge is 0.311 e. The molecule has 1 aromatic rings. The molecule has 1 aromatic heterocycles. The molecule has 0 bridgehead atoms. The molecule has 24 heavy (non-hydrogen) atoms. The molecule has 0 saturated heterocycles. The number of hydrogen-bond acceptors (Lipinski definition) is 3. The Balaban J connectivity index is 1.68. The van der Waals surface area contributed by atoms with Gasteiger partial charge in [-0.15, -0.1) is 0 Å². The molecule has 0 aromatic carbocycles. The summed E-state index contributed by atoms with van der Waals surface area (Å²) in [7, 11) is 0. The molecule has 134 valence electrons. The Labute approximate surface area is 147 Å². The molecule has 3 nitrogen and oxygen atoms in total. The Bertz CT molecular complexity index is 475. The minimum absolute atomic E-state index is 0.174. The molecule has 1 saturated carbocycles. The summed E-state index contributed by atoms with van der Waals surface area (Å²) >= 11 is 0. The van der Waals surface area contributed by atoms with Crippen LogP contribution < -0.4 is 4.74 Å². The number of unbranched alkanes of at least 4 members (excludes halogenated alkanes) is 1. The van der Waals surface area contributed by atoms with Crippen LogP contribution >= 0.6 is 0 Å². The summed E-state index contributed by atoms with van der Waals surface area (Å²) in [6.45, 7) is 4.26. The van der Waals surface area contributed by atoms with Gasteiger partial charge in [0.2, 0.25) is 0 Å². The molecule has 0 unspecified atom stereocenters. The maximum Gasteiger partial charge on any atom is 0.311 e. The van der Waals surface area contributed by atoms with E-state index < -0.39 is 0 Å². The topological polar surface area (TPSA) is 39.2 Å². The van der Waals surface area contributed by atoms with E-state index in [1.165, 1.54) is 51.4 Å². The maximum absolute atomic E-state index is 11.5. The zero-order valence-corrected chi connectivity index (χ0v) is 15.4. The lowest BCUT2D eigenvalue weighted by atomic mass is 9.78. The van der Waals surface area contributed by atoms with Crippen LogP contribution in [0.1, 0.15) is 83.7 Å². The van der Waals surface area contributed by atoms with Gasteiger partial charge in [-0.25, -0.2) is 0 Å². The summed E-state index contributed by atoms with van der Waals surface area (Å²) in [5.41, 5.74) is 1.11. The molecule has 3 heteroatoms. The van der Waals surface area contributed by atoms with Gasteiger partial charge in [0.25, 0.3) is 0 Å². The Kier molecular flexibility index (Phi) is 8.27. The van der Waals surface area contributed by atoms with E-state index in [4.69, 9.17) is 4.74 Å². The van der Waals surface area contributed by atoms with E-state index in [2.05, 4.69) is 11.9 Å². The van der Waals surface area contributed by atoms with Gasteiger partial charge in [0.05, 0.1) is 6.20 Å². The van der Waals surface area contributed by atoms with Gasteiger partial charge in [0.15, 0.2) is 0 Å². The molecular weight excluding hydrogens is 298 g/mol. The summed E-state index contributed by atoms with van der Waals surface area (Å²) in [6.07, 6.45) is 15.0. The number of aryl methyl sites for hydroxylation is 1. The average molecular weight is 332 g/mol. The second kappa shape index (κ2) is 10.5. The quantitative estimate of drug-likeness (QED) is 0.543. The summed E-state index contributed by atoms with van der Waals surface area (Å²) in [5, 5.41) is 0. The number of ether oxygens (including phenoxy) is 1. The lowest BCUT2D eigenvalue weighted by molar-refractivity contribution is -0.134. The van der Waals surface area contributed by atoms with Gasteiger partial charge >= 0.3 is 5.97 Å². The molecule has 1 aliphatic carbocycles. The van der Waals surface area contributed by atoms with E-state index in [0.29, 0.717) is 12.2 Å². The zero-order chi connectivity index (χ0) is 17.2. The summed E-state index contributed by atoms with van der Waals surface area (Å²) in [6, 6.07) is 3.87. The highest BCUT2D eigenvalue weighted by molar-refractivity contribution is 5.72. The number of pyridine rings is 1. The van der Waals surface area contributed by atoms with Crippen LogP contribution in [0.2, 0.25) is 0 Å².